The molecular weight excluding hydrogens is 376 g/mol. The maximum Gasteiger partial charge on any atom is 0.243 e. The summed E-state index contributed by atoms with van der Waals surface area (Å²) in [5, 5.41) is 6.06. The van der Waals surface area contributed by atoms with Crippen molar-refractivity contribution >= 4 is 17.3 Å². The van der Waals surface area contributed by atoms with Gasteiger partial charge in [-0.1, -0.05) is 58.1 Å². The van der Waals surface area contributed by atoms with Crippen molar-refractivity contribution in [3.05, 3.63) is 48.5 Å². The number of amides is 1. The van der Waals surface area contributed by atoms with Gasteiger partial charge in [0.25, 0.3) is 0 Å². The van der Waals surface area contributed by atoms with E-state index in [2.05, 4.69) is 24.5 Å². The van der Waals surface area contributed by atoms with E-state index >= 15 is 0 Å². The number of rotatable bonds is 15. The van der Waals surface area contributed by atoms with Crippen LogP contribution in [0.25, 0.3) is 0 Å². The van der Waals surface area contributed by atoms with Gasteiger partial charge in [-0.15, -0.1) is 0 Å². The Kier molecular flexibility index (Phi) is 11.3. The molecule has 2 rings (SSSR count). The summed E-state index contributed by atoms with van der Waals surface area (Å²) in [5.74, 6) is 1.50. The lowest BCUT2D eigenvalue weighted by atomic mass is 10.2. The Balaban J connectivity index is 1.72. The molecule has 0 spiro atoms. The Morgan fingerprint density at radius 2 is 1.50 bits per heavy atom. The Morgan fingerprint density at radius 1 is 0.800 bits per heavy atom. The summed E-state index contributed by atoms with van der Waals surface area (Å²) in [6.45, 7) is 5.93. The fourth-order valence-corrected chi connectivity index (χ4v) is 2.98. The zero-order valence-electron chi connectivity index (χ0n) is 18.4. The van der Waals surface area contributed by atoms with E-state index in [-0.39, 0.29) is 12.5 Å². The summed E-state index contributed by atoms with van der Waals surface area (Å²) in [4.78, 5) is 12.3. The molecule has 0 aromatic heterocycles. The van der Waals surface area contributed by atoms with Crippen molar-refractivity contribution in [2.45, 2.75) is 58.8 Å². The van der Waals surface area contributed by atoms with E-state index in [9.17, 15) is 4.79 Å². The molecule has 0 aliphatic rings. The predicted octanol–water partition coefficient (Wildman–Crippen LogP) is 6.27. The van der Waals surface area contributed by atoms with Crippen molar-refractivity contribution in [1.29, 1.82) is 0 Å². The lowest BCUT2D eigenvalue weighted by Gasteiger charge is -2.13. The van der Waals surface area contributed by atoms with Gasteiger partial charge >= 0.3 is 0 Å². The van der Waals surface area contributed by atoms with Crippen LogP contribution in [-0.4, -0.2) is 25.7 Å². The summed E-state index contributed by atoms with van der Waals surface area (Å²) >= 11 is 0. The van der Waals surface area contributed by atoms with Crippen LogP contribution in [0.15, 0.2) is 48.5 Å². The number of anilines is 2. The Hall–Kier alpha value is -2.69. The fourth-order valence-electron chi connectivity index (χ4n) is 2.98. The van der Waals surface area contributed by atoms with Crippen LogP contribution < -0.4 is 20.1 Å². The molecule has 0 fully saturated rings. The molecule has 2 aromatic rings. The molecule has 2 aromatic carbocycles. The molecule has 30 heavy (non-hydrogen) atoms. The van der Waals surface area contributed by atoms with Gasteiger partial charge in [0.2, 0.25) is 5.91 Å². The zero-order valence-corrected chi connectivity index (χ0v) is 18.4. The summed E-state index contributed by atoms with van der Waals surface area (Å²) < 4.78 is 11.6. The molecule has 1 amide bonds. The molecule has 5 nitrogen and oxygen atoms in total. The van der Waals surface area contributed by atoms with Gasteiger partial charge in [-0.3, -0.25) is 4.79 Å². The first-order valence-corrected chi connectivity index (χ1v) is 11.2. The van der Waals surface area contributed by atoms with Crippen molar-refractivity contribution in [3.63, 3.8) is 0 Å². The van der Waals surface area contributed by atoms with E-state index in [0.29, 0.717) is 6.61 Å². The SMILES string of the molecule is CCCCCCCOc1ccc(NC(=O)CNc2ccccc2OCCCC)cc1. The molecule has 0 aliphatic carbocycles. The lowest BCUT2D eigenvalue weighted by Crippen LogP contribution is -2.22. The molecular formula is C25H36N2O3. The number of para-hydroxylation sites is 2. The Labute approximate surface area is 181 Å². The number of unbranched alkanes of at least 4 members (excludes halogenated alkanes) is 5. The normalized spacial score (nSPS) is 10.5. The smallest absolute Gasteiger partial charge is 0.243 e. The average Bonchev–Trinajstić information content (AvgIpc) is 2.77. The Bertz CT molecular complexity index is 731. The number of carbonyl (C=O) groups is 1. The quantitative estimate of drug-likeness (QED) is 0.339. The molecule has 0 radical (unpaired) electrons. The summed E-state index contributed by atoms with van der Waals surface area (Å²) in [5.41, 5.74) is 1.58. The molecule has 5 heteroatoms. The van der Waals surface area contributed by atoms with E-state index in [1.165, 1.54) is 25.7 Å². The van der Waals surface area contributed by atoms with E-state index in [4.69, 9.17) is 9.47 Å². The monoisotopic (exact) mass is 412 g/mol. The molecule has 0 aliphatic heterocycles. The van der Waals surface area contributed by atoms with Crippen molar-refractivity contribution in [2.24, 2.45) is 0 Å². The Morgan fingerprint density at radius 3 is 2.27 bits per heavy atom. The summed E-state index contributed by atoms with van der Waals surface area (Å²) in [7, 11) is 0. The molecule has 164 valence electrons. The number of carbonyl (C=O) groups excluding carboxylic acids is 1. The molecule has 0 bridgehead atoms. The van der Waals surface area contributed by atoms with Gasteiger partial charge in [0.05, 0.1) is 25.4 Å². The van der Waals surface area contributed by atoms with Gasteiger partial charge in [-0.05, 0) is 49.2 Å². The third-order valence-electron chi connectivity index (χ3n) is 4.74. The van der Waals surface area contributed by atoms with Crippen LogP contribution in [-0.2, 0) is 4.79 Å². The number of hydrogen-bond acceptors (Lipinski definition) is 4. The molecule has 0 saturated heterocycles. The largest absolute Gasteiger partial charge is 0.494 e. The standard InChI is InChI=1S/C25H36N2O3/c1-3-5-7-8-11-19-29-22-16-14-21(15-17-22)27-25(28)20-26-23-12-9-10-13-24(23)30-18-6-4-2/h9-10,12-17,26H,3-8,11,18-20H2,1-2H3,(H,27,28). The van der Waals surface area contributed by atoms with Gasteiger partial charge < -0.3 is 20.1 Å². The highest BCUT2D eigenvalue weighted by atomic mass is 16.5. The van der Waals surface area contributed by atoms with E-state index in [1.54, 1.807) is 0 Å². The first kappa shape index (κ1) is 23.6. The second-order valence-electron chi connectivity index (χ2n) is 7.39. The van der Waals surface area contributed by atoms with Crippen LogP contribution in [0.1, 0.15) is 58.8 Å². The van der Waals surface area contributed by atoms with Gasteiger partial charge in [0.1, 0.15) is 11.5 Å². The molecule has 0 unspecified atom stereocenters. The van der Waals surface area contributed by atoms with E-state index in [0.717, 1.165) is 48.7 Å². The third-order valence-corrected chi connectivity index (χ3v) is 4.74. The first-order valence-electron chi connectivity index (χ1n) is 11.2. The van der Waals surface area contributed by atoms with E-state index in [1.807, 2.05) is 48.5 Å². The lowest BCUT2D eigenvalue weighted by molar-refractivity contribution is -0.114. The summed E-state index contributed by atoms with van der Waals surface area (Å²) in [6, 6.07) is 15.2. The van der Waals surface area contributed by atoms with Gasteiger partial charge in [0, 0.05) is 5.69 Å². The van der Waals surface area contributed by atoms with Crippen LogP contribution >= 0.6 is 0 Å². The zero-order chi connectivity index (χ0) is 21.4. The molecule has 0 saturated carbocycles. The second kappa shape index (κ2) is 14.3. The van der Waals surface area contributed by atoms with Crippen LogP contribution in [0.3, 0.4) is 0 Å². The third kappa shape index (κ3) is 9.21. The van der Waals surface area contributed by atoms with Gasteiger partial charge in [-0.25, -0.2) is 0 Å². The topological polar surface area (TPSA) is 59.6 Å². The van der Waals surface area contributed by atoms with Crippen LogP contribution in [0.5, 0.6) is 11.5 Å². The maximum absolute atomic E-state index is 12.3. The fraction of sp³-hybridized carbons (Fsp3) is 0.480. The number of benzene rings is 2. The van der Waals surface area contributed by atoms with Crippen LogP contribution in [0.2, 0.25) is 0 Å². The second-order valence-corrected chi connectivity index (χ2v) is 7.39. The van der Waals surface area contributed by atoms with E-state index < -0.39 is 0 Å². The summed E-state index contributed by atoms with van der Waals surface area (Å²) in [6.07, 6.45) is 8.20. The number of ether oxygens (including phenoxy) is 2. The maximum atomic E-state index is 12.3. The highest BCUT2D eigenvalue weighted by Crippen LogP contribution is 2.24. The number of hydrogen-bond donors (Lipinski definition) is 2. The molecule has 0 heterocycles. The van der Waals surface area contributed by atoms with Crippen molar-refractivity contribution in [3.8, 4) is 11.5 Å². The average molecular weight is 413 g/mol. The molecule has 2 N–H and O–H groups in total. The van der Waals surface area contributed by atoms with Crippen LogP contribution in [0, 0.1) is 0 Å². The van der Waals surface area contributed by atoms with Crippen molar-refractivity contribution in [1.82, 2.24) is 0 Å². The minimum Gasteiger partial charge on any atom is -0.494 e. The van der Waals surface area contributed by atoms with Crippen LogP contribution in [0.4, 0.5) is 11.4 Å². The first-order chi connectivity index (χ1) is 14.7. The molecule has 0 atom stereocenters. The van der Waals surface area contributed by atoms with Gasteiger partial charge in [0.15, 0.2) is 0 Å². The number of nitrogens with one attached hydrogen (secondary N) is 2. The minimum absolute atomic E-state index is 0.108. The predicted molar refractivity (Wildman–Crippen MR) is 125 cm³/mol. The highest BCUT2D eigenvalue weighted by Gasteiger charge is 2.06. The highest BCUT2D eigenvalue weighted by molar-refractivity contribution is 5.94. The van der Waals surface area contributed by atoms with Gasteiger partial charge in [-0.2, -0.15) is 0 Å². The van der Waals surface area contributed by atoms with Crippen molar-refractivity contribution in [2.75, 3.05) is 30.4 Å². The van der Waals surface area contributed by atoms with Crippen molar-refractivity contribution < 1.29 is 14.3 Å². The minimum atomic E-state index is -0.108.